The summed E-state index contributed by atoms with van der Waals surface area (Å²) in [5, 5.41) is 19.1. The first-order chi connectivity index (χ1) is 8.17. The van der Waals surface area contributed by atoms with Gasteiger partial charge in [0.15, 0.2) is 0 Å². The first-order valence-corrected chi connectivity index (χ1v) is 7.18. The van der Waals surface area contributed by atoms with Gasteiger partial charge in [0.25, 0.3) is 0 Å². The monoisotopic (exact) mass is 243 g/mol. The molecule has 0 radical (unpaired) electrons. The van der Waals surface area contributed by atoms with Gasteiger partial charge < -0.3 is 15.1 Å². The number of unbranched alkanes of at least 4 members (excludes halogenated alkanes) is 1. The van der Waals surface area contributed by atoms with Crippen LogP contribution in [0.25, 0.3) is 0 Å². The fourth-order valence-corrected chi connectivity index (χ4v) is 2.83. The van der Waals surface area contributed by atoms with E-state index in [1.54, 1.807) is 0 Å². The van der Waals surface area contributed by atoms with E-state index in [4.69, 9.17) is 5.11 Å². The SMILES string of the molecule is CCCCN(CCO)CC1CC(C)CCC1O. The number of rotatable bonds is 7. The smallest absolute Gasteiger partial charge is 0.0580 e. The molecule has 3 atom stereocenters. The molecule has 102 valence electrons. The van der Waals surface area contributed by atoms with Crippen molar-refractivity contribution >= 4 is 0 Å². The summed E-state index contributed by atoms with van der Waals surface area (Å²) in [4.78, 5) is 2.31. The Balaban J connectivity index is 2.40. The second-order valence-corrected chi connectivity index (χ2v) is 5.62. The minimum atomic E-state index is -0.131. The first kappa shape index (κ1) is 14.9. The van der Waals surface area contributed by atoms with Gasteiger partial charge >= 0.3 is 0 Å². The quantitative estimate of drug-likeness (QED) is 0.717. The molecule has 17 heavy (non-hydrogen) atoms. The predicted octanol–water partition coefficient (Wildman–Crippen LogP) is 1.88. The maximum absolute atomic E-state index is 10.0. The van der Waals surface area contributed by atoms with Gasteiger partial charge in [0.05, 0.1) is 12.7 Å². The normalized spacial score (nSPS) is 29.8. The molecule has 1 aliphatic carbocycles. The molecule has 0 bridgehead atoms. The van der Waals surface area contributed by atoms with Gasteiger partial charge in [0.2, 0.25) is 0 Å². The van der Waals surface area contributed by atoms with E-state index in [0.717, 1.165) is 44.8 Å². The number of hydrogen-bond acceptors (Lipinski definition) is 3. The van der Waals surface area contributed by atoms with Crippen molar-refractivity contribution in [3.63, 3.8) is 0 Å². The van der Waals surface area contributed by atoms with Crippen molar-refractivity contribution in [3.8, 4) is 0 Å². The molecule has 0 aromatic heterocycles. The van der Waals surface area contributed by atoms with Crippen LogP contribution in [0.5, 0.6) is 0 Å². The molecule has 1 saturated carbocycles. The highest BCUT2D eigenvalue weighted by atomic mass is 16.3. The van der Waals surface area contributed by atoms with Crippen molar-refractivity contribution in [1.29, 1.82) is 0 Å². The van der Waals surface area contributed by atoms with Crippen molar-refractivity contribution in [3.05, 3.63) is 0 Å². The van der Waals surface area contributed by atoms with Crippen LogP contribution in [-0.4, -0.2) is 47.5 Å². The molecule has 0 aromatic carbocycles. The van der Waals surface area contributed by atoms with Crippen molar-refractivity contribution in [2.45, 2.75) is 52.1 Å². The lowest BCUT2D eigenvalue weighted by atomic mass is 9.80. The lowest BCUT2D eigenvalue weighted by Gasteiger charge is -2.35. The van der Waals surface area contributed by atoms with Crippen LogP contribution in [0.15, 0.2) is 0 Å². The molecule has 3 heteroatoms. The Labute approximate surface area is 106 Å². The molecule has 3 unspecified atom stereocenters. The van der Waals surface area contributed by atoms with Crippen molar-refractivity contribution < 1.29 is 10.2 Å². The Morgan fingerprint density at radius 2 is 2.00 bits per heavy atom. The summed E-state index contributed by atoms with van der Waals surface area (Å²) >= 11 is 0. The maximum Gasteiger partial charge on any atom is 0.0580 e. The largest absolute Gasteiger partial charge is 0.395 e. The lowest BCUT2D eigenvalue weighted by molar-refractivity contribution is 0.0272. The molecule has 0 aliphatic heterocycles. The zero-order valence-corrected chi connectivity index (χ0v) is 11.4. The van der Waals surface area contributed by atoms with E-state index in [1.807, 2.05) is 0 Å². The minimum Gasteiger partial charge on any atom is -0.395 e. The average molecular weight is 243 g/mol. The summed E-state index contributed by atoms with van der Waals surface area (Å²) in [5.41, 5.74) is 0. The zero-order valence-electron chi connectivity index (χ0n) is 11.4. The van der Waals surface area contributed by atoms with E-state index in [2.05, 4.69) is 18.7 Å². The second-order valence-electron chi connectivity index (χ2n) is 5.62. The van der Waals surface area contributed by atoms with E-state index in [0.29, 0.717) is 5.92 Å². The van der Waals surface area contributed by atoms with Gasteiger partial charge in [-0.2, -0.15) is 0 Å². The Morgan fingerprint density at radius 3 is 2.65 bits per heavy atom. The summed E-state index contributed by atoms with van der Waals surface area (Å²) in [5.74, 6) is 1.15. The second kappa shape index (κ2) is 8.06. The van der Waals surface area contributed by atoms with E-state index in [1.165, 1.54) is 12.8 Å². The molecular formula is C14H29NO2. The van der Waals surface area contributed by atoms with Crippen LogP contribution in [0.1, 0.15) is 46.0 Å². The van der Waals surface area contributed by atoms with Crippen LogP contribution in [0.3, 0.4) is 0 Å². The van der Waals surface area contributed by atoms with Gasteiger partial charge in [-0.05, 0) is 44.1 Å². The number of nitrogens with zero attached hydrogens (tertiary/aromatic N) is 1. The van der Waals surface area contributed by atoms with Gasteiger partial charge in [-0.15, -0.1) is 0 Å². The van der Waals surface area contributed by atoms with Crippen LogP contribution in [-0.2, 0) is 0 Å². The van der Waals surface area contributed by atoms with Crippen LogP contribution in [0, 0.1) is 11.8 Å². The average Bonchev–Trinajstić information content (AvgIpc) is 2.31. The molecule has 0 amide bonds. The summed E-state index contributed by atoms with van der Waals surface area (Å²) in [6.45, 7) is 7.44. The summed E-state index contributed by atoms with van der Waals surface area (Å²) in [6.07, 6.45) is 5.48. The molecule has 1 fully saturated rings. The Hall–Kier alpha value is -0.120. The fraction of sp³-hybridized carbons (Fsp3) is 1.00. The van der Waals surface area contributed by atoms with E-state index in [-0.39, 0.29) is 12.7 Å². The first-order valence-electron chi connectivity index (χ1n) is 7.18. The minimum absolute atomic E-state index is 0.131. The predicted molar refractivity (Wildman–Crippen MR) is 70.9 cm³/mol. The lowest BCUT2D eigenvalue weighted by Crippen LogP contribution is -2.40. The Kier molecular flexibility index (Phi) is 7.09. The molecule has 1 aliphatic rings. The summed E-state index contributed by atoms with van der Waals surface area (Å²) in [7, 11) is 0. The molecule has 0 saturated heterocycles. The van der Waals surface area contributed by atoms with Crippen molar-refractivity contribution in [2.24, 2.45) is 11.8 Å². The van der Waals surface area contributed by atoms with E-state index < -0.39 is 0 Å². The highest BCUT2D eigenvalue weighted by Gasteiger charge is 2.28. The van der Waals surface area contributed by atoms with Crippen LogP contribution >= 0.6 is 0 Å². The van der Waals surface area contributed by atoms with Gasteiger partial charge in [0, 0.05) is 13.1 Å². The molecule has 1 rings (SSSR count). The van der Waals surface area contributed by atoms with Crippen molar-refractivity contribution in [1.82, 2.24) is 4.90 Å². The zero-order chi connectivity index (χ0) is 12.7. The third-order valence-electron chi connectivity index (χ3n) is 3.94. The molecule has 0 heterocycles. The topological polar surface area (TPSA) is 43.7 Å². The van der Waals surface area contributed by atoms with Gasteiger partial charge in [-0.25, -0.2) is 0 Å². The summed E-state index contributed by atoms with van der Waals surface area (Å²) < 4.78 is 0. The summed E-state index contributed by atoms with van der Waals surface area (Å²) in [6, 6.07) is 0. The van der Waals surface area contributed by atoms with E-state index >= 15 is 0 Å². The van der Waals surface area contributed by atoms with Crippen molar-refractivity contribution in [2.75, 3.05) is 26.2 Å². The number of aliphatic hydroxyl groups excluding tert-OH is 2. The van der Waals surface area contributed by atoms with Gasteiger partial charge in [-0.3, -0.25) is 0 Å². The maximum atomic E-state index is 10.0. The number of hydrogen-bond donors (Lipinski definition) is 2. The molecule has 0 spiro atoms. The highest BCUT2D eigenvalue weighted by Crippen LogP contribution is 2.29. The Morgan fingerprint density at radius 1 is 1.24 bits per heavy atom. The fourth-order valence-electron chi connectivity index (χ4n) is 2.83. The van der Waals surface area contributed by atoms with Gasteiger partial charge in [0.1, 0.15) is 0 Å². The van der Waals surface area contributed by atoms with E-state index in [9.17, 15) is 5.11 Å². The van der Waals surface area contributed by atoms with Crippen LogP contribution in [0.2, 0.25) is 0 Å². The molecule has 2 N–H and O–H groups in total. The Bertz CT molecular complexity index is 199. The third-order valence-corrected chi connectivity index (χ3v) is 3.94. The molecular weight excluding hydrogens is 214 g/mol. The highest BCUT2D eigenvalue weighted by molar-refractivity contribution is 4.80. The molecule has 0 aromatic rings. The third kappa shape index (κ3) is 5.36. The number of aliphatic hydroxyl groups is 2. The van der Waals surface area contributed by atoms with Crippen LogP contribution < -0.4 is 0 Å². The standard InChI is InChI=1S/C14H29NO2/c1-3-4-7-15(8-9-16)11-13-10-12(2)5-6-14(13)17/h12-14,16-17H,3-11H2,1-2H3. The molecule has 3 nitrogen and oxygen atoms in total. The van der Waals surface area contributed by atoms with Crippen LogP contribution in [0.4, 0.5) is 0 Å². The van der Waals surface area contributed by atoms with Gasteiger partial charge in [-0.1, -0.05) is 20.3 Å².